The molecule has 0 amide bonds. The Morgan fingerprint density at radius 3 is 2.52 bits per heavy atom. The van der Waals surface area contributed by atoms with Gasteiger partial charge in [0.15, 0.2) is 0 Å². The summed E-state index contributed by atoms with van der Waals surface area (Å²) in [6, 6.07) is 14.4. The van der Waals surface area contributed by atoms with Crippen molar-refractivity contribution in [2.45, 2.75) is 31.1 Å². The molecule has 1 saturated heterocycles. The number of nitrogens with one attached hydrogen (secondary N) is 1. The molecule has 0 radical (unpaired) electrons. The lowest BCUT2D eigenvalue weighted by atomic mass is 9.75. The molecule has 3 rings (SSSR count). The van der Waals surface area contributed by atoms with Gasteiger partial charge in [-0.3, -0.25) is 4.79 Å². The van der Waals surface area contributed by atoms with Crippen LogP contribution in [0.3, 0.4) is 0 Å². The number of pyridine rings is 1. The fraction of sp³-hybridized carbons (Fsp3) is 0.389. The number of unbranched alkanes of at least 4 members (excludes halogenated alkanes) is 1. The second-order valence-corrected chi connectivity index (χ2v) is 5.88. The zero-order chi connectivity index (χ0) is 14.5. The topological polar surface area (TPSA) is 42.1 Å². The minimum Gasteiger partial charge on any atom is -0.379 e. The minimum atomic E-state index is -0.0640. The van der Waals surface area contributed by atoms with Crippen LogP contribution in [-0.2, 0) is 16.6 Å². The molecule has 0 unspecified atom stereocenters. The molecule has 1 aliphatic heterocycles. The third kappa shape index (κ3) is 3.08. The lowest BCUT2D eigenvalue weighted by molar-refractivity contribution is -0.0660. The number of aryl methyl sites for hydroxylation is 1. The van der Waals surface area contributed by atoms with Crippen LogP contribution in [0.4, 0.5) is 0 Å². The molecule has 1 aliphatic rings. The van der Waals surface area contributed by atoms with Gasteiger partial charge in [-0.05, 0) is 30.9 Å². The lowest BCUT2D eigenvalue weighted by Crippen LogP contribution is -2.49. The van der Waals surface area contributed by atoms with Crippen LogP contribution in [0, 0.1) is 0 Å². The van der Waals surface area contributed by atoms with Crippen LogP contribution in [0.2, 0.25) is 0 Å². The molecule has 1 aromatic carbocycles. The van der Waals surface area contributed by atoms with E-state index in [2.05, 4.69) is 29.2 Å². The first-order valence-electron chi connectivity index (χ1n) is 7.60. The van der Waals surface area contributed by atoms with Crippen molar-refractivity contribution in [3.05, 3.63) is 70.1 Å². The van der Waals surface area contributed by atoms with E-state index in [-0.39, 0.29) is 11.0 Å². The van der Waals surface area contributed by atoms with Gasteiger partial charge in [0.05, 0.1) is 13.2 Å². The molecule has 110 valence electrons. The van der Waals surface area contributed by atoms with Crippen molar-refractivity contribution >= 4 is 0 Å². The van der Waals surface area contributed by atoms with Gasteiger partial charge < -0.3 is 9.72 Å². The normalized spacial score (nSPS) is 16.4. The number of benzene rings is 1. The highest BCUT2D eigenvalue weighted by atomic mass is 16.5. The SMILES string of the molecule is O=c1[nH]cccc1C1(CCCCc2ccccc2)COC1. The molecule has 2 aromatic rings. The van der Waals surface area contributed by atoms with Crippen molar-refractivity contribution in [1.29, 1.82) is 0 Å². The second-order valence-electron chi connectivity index (χ2n) is 5.88. The minimum absolute atomic E-state index is 0.0314. The number of rotatable bonds is 6. The Hall–Kier alpha value is -1.87. The highest BCUT2D eigenvalue weighted by Gasteiger charge is 2.41. The third-order valence-corrected chi connectivity index (χ3v) is 4.36. The van der Waals surface area contributed by atoms with Gasteiger partial charge in [-0.25, -0.2) is 0 Å². The van der Waals surface area contributed by atoms with E-state index in [0.717, 1.165) is 31.2 Å². The first-order chi connectivity index (χ1) is 10.3. The summed E-state index contributed by atoms with van der Waals surface area (Å²) in [5, 5.41) is 0. The zero-order valence-corrected chi connectivity index (χ0v) is 12.2. The largest absolute Gasteiger partial charge is 0.379 e. The van der Waals surface area contributed by atoms with Crippen LogP contribution in [0.25, 0.3) is 0 Å². The molecule has 1 aromatic heterocycles. The molecular weight excluding hydrogens is 262 g/mol. The summed E-state index contributed by atoms with van der Waals surface area (Å²) in [5.74, 6) is 0. The number of aromatic amines is 1. The molecule has 0 atom stereocenters. The molecule has 0 saturated carbocycles. The van der Waals surface area contributed by atoms with Gasteiger partial charge >= 0.3 is 0 Å². The molecule has 3 heteroatoms. The van der Waals surface area contributed by atoms with E-state index in [9.17, 15) is 4.79 Å². The Morgan fingerprint density at radius 2 is 1.86 bits per heavy atom. The summed E-state index contributed by atoms with van der Waals surface area (Å²) in [6.07, 6.45) is 6.08. The smallest absolute Gasteiger partial charge is 0.251 e. The predicted molar refractivity (Wildman–Crippen MR) is 83.6 cm³/mol. The Morgan fingerprint density at radius 1 is 1.05 bits per heavy atom. The van der Waals surface area contributed by atoms with Crippen molar-refractivity contribution in [3.8, 4) is 0 Å². The van der Waals surface area contributed by atoms with Crippen molar-refractivity contribution in [2.24, 2.45) is 0 Å². The van der Waals surface area contributed by atoms with Crippen molar-refractivity contribution in [2.75, 3.05) is 13.2 Å². The number of hydrogen-bond donors (Lipinski definition) is 1. The molecule has 3 nitrogen and oxygen atoms in total. The van der Waals surface area contributed by atoms with Gasteiger partial charge in [-0.1, -0.05) is 42.8 Å². The second kappa shape index (κ2) is 6.27. The standard InChI is InChI=1S/C18H21NO2/c20-17-16(10-6-12-19-17)18(13-21-14-18)11-5-4-9-15-7-2-1-3-8-15/h1-3,6-8,10,12H,4-5,9,11,13-14H2,(H,19,20). The van der Waals surface area contributed by atoms with E-state index in [1.54, 1.807) is 6.20 Å². The van der Waals surface area contributed by atoms with E-state index < -0.39 is 0 Å². The molecule has 2 heterocycles. The van der Waals surface area contributed by atoms with E-state index in [1.807, 2.05) is 18.2 Å². The number of ether oxygens (including phenoxy) is 1. The molecule has 21 heavy (non-hydrogen) atoms. The molecule has 1 N–H and O–H groups in total. The van der Waals surface area contributed by atoms with Crippen molar-refractivity contribution in [1.82, 2.24) is 4.98 Å². The third-order valence-electron chi connectivity index (χ3n) is 4.36. The summed E-state index contributed by atoms with van der Waals surface area (Å²) in [7, 11) is 0. The molecule has 0 bridgehead atoms. The molecular formula is C18H21NO2. The van der Waals surface area contributed by atoms with Crippen LogP contribution in [0.5, 0.6) is 0 Å². The van der Waals surface area contributed by atoms with Crippen molar-refractivity contribution < 1.29 is 4.74 Å². The lowest BCUT2D eigenvalue weighted by Gasteiger charge is -2.41. The first kappa shape index (κ1) is 14.1. The molecule has 0 spiro atoms. The van der Waals surface area contributed by atoms with Gasteiger partial charge in [-0.2, -0.15) is 0 Å². The Kier molecular flexibility index (Phi) is 4.20. The average Bonchev–Trinajstić information content (AvgIpc) is 2.48. The number of aromatic nitrogens is 1. The summed E-state index contributed by atoms with van der Waals surface area (Å²) in [5.41, 5.74) is 2.24. The van der Waals surface area contributed by atoms with Gasteiger partial charge in [0.1, 0.15) is 0 Å². The van der Waals surface area contributed by atoms with Crippen molar-refractivity contribution in [3.63, 3.8) is 0 Å². The van der Waals surface area contributed by atoms with Gasteiger partial charge in [0.25, 0.3) is 5.56 Å². The molecule has 1 fully saturated rings. The van der Waals surface area contributed by atoms with E-state index in [1.165, 1.54) is 5.56 Å². The number of H-pyrrole nitrogens is 1. The van der Waals surface area contributed by atoms with Crippen LogP contribution >= 0.6 is 0 Å². The van der Waals surface area contributed by atoms with Crippen LogP contribution < -0.4 is 5.56 Å². The van der Waals surface area contributed by atoms with Gasteiger partial charge in [0, 0.05) is 17.2 Å². The maximum atomic E-state index is 12.0. The monoisotopic (exact) mass is 283 g/mol. The van der Waals surface area contributed by atoms with E-state index in [4.69, 9.17) is 4.74 Å². The van der Waals surface area contributed by atoms with Crippen LogP contribution in [-0.4, -0.2) is 18.2 Å². The number of hydrogen-bond acceptors (Lipinski definition) is 2. The Balaban J connectivity index is 1.58. The summed E-state index contributed by atoms with van der Waals surface area (Å²) in [4.78, 5) is 14.8. The van der Waals surface area contributed by atoms with Gasteiger partial charge in [-0.15, -0.1) is 0 Å². The fourth-order valence-corrected chi connectivity index (χ4v) is 3.06. The molecule has 0 aliphatic carbocycles. The van der Waals surface area contributed by atoms with E-state index >= 15 is 0 Å². The van der Waals surface area contributed by atoms with Crippen LogP contribution in [0.15, 0.2) is 53.5 Å². The quantitative estimate of drug-likeness (QED) is 0.828. The highest BCUT2D eigenvalue weighted by molar-refractivity contribution is 5.25. The Labute approximate surface area is 125 Å². The first-order valence-corrected chi connectivity index (χ1v) is 7.60. The summed E-state index contributed by atoms with van der Waals surface area (Å²) in [6.45, 7) is 1.34. The van der Waals surface area contributed by atoms with Gasteiger partial charge in [0.2, 0.25) is 0 Å². The maximum absolute atomic E-state index is 12.0. The zero-order valence-electron chi connectivity index (χ0n) is 12.2. The summed E-state index contributed by atoms with van der Waals surface area (Å²) >= 11 is 0. The fourth-order valence-electron chi connectivity index (χ4n) is 3.06. The average molecular weight is 283 g/mol. The Bertz CT molecular complexity index is 629. The predicted octanol–water partition coefficient (Wildman–Crippen LogP) is 3.06. The summed E-state index contributed by atoms with van der Waals surface area (Å²) < 4.78 is 5.41. The maximum Gasteiger partial charge on any atom is 0.251 e. The highest BCUT2D eigenvalue weighted by Crippen LogP contribution is 2.35. The van der Waals surface area contributed by atoms with E-state index in [0.29, 0.717) is 13.2 Å². The van der Waals surface area contributed by atoms with Crippen LogP contribution in [0.1, 0.15) is 30.4 Å².